The Hall–Kier alpha value is -1.79. The summed E-state index contributed by atoms with van der Waals surface area (Å²) in [6, 6.07) is 4.02. The number of halogens is 1. The van der Waals surface area contributed by atoms with Gasteiger partial charge in [0.15, 0.2) is 6.61 Å². The third-order valence-corrected chi connectivity index (χ3v) is 3.30. The number of phenols is 1. The topological polar surface area (TPSA) is 84.9 Å². The fraction of sp³-hybridized carbons (Fsp3) is 0.429. The molecule has 7 heteroatoms. The predicted molar refractivity (Wildman–Crippen MR) is 75.4 cm³/mol. The molecule has 1 heterocycles. The summed E-state index contributed by atoms with van der Waals surface area (Å²) >= 11 is 5.73. The highest BCUT2D eigenvalue weighted by Gasteiger charge is 2.18. The monoisotopic (exact) mass is 313 g/mol. The average Bonchev–Trinajstić information content (AvgIpc) is 2.98. The van der Waals surface area contributed by atoms with Crippen LogP contribution in [0.1, 0.15) is 23.2 Å². The summed E-state index contributed by atoms with van der Waals surface area (Å²) in [7, 11) is 0. The lowest BCUT2D eigenvalue weighted by molar-refractivity contribution is -0.124. The molecule has 1 aromatic carbocycles. The van der Waals surface area contributed by atoms with Crippen LogP contribution in [-0.4, -0.2) is 42.8 Å². The molecule has 2 N–H and O–H groups in total. The molecule has 0 saturated carbocycles. The number of esters is 1. The molecule has 0 unspecified atom stereocenters. The lowest BCUT2D eigenvalue weighted by Crippen LogP contribution is -2.34. The van der Waals surface area contributed by atoms with E-state index in [-0.39, 0.29) is 17.4 Å². The minimum atomic E-state index is -0.803. The number of hydrogen-bond acceptors (Lipinski definition) is 5. The number of carbonyl (C=O) groups is 2. The van der Waals surface area contributed by atoms with Crippen LogP contribution in [0.25, 0.3) is 0 Å². The molecule has 21 heavy (non-hydrogen) atoms. The van der Waals surface area contributed by atoms with E-state index in [1.807, 2.05) is 0 Å². The second kappa shape index (κ2) is 7.28. The highest BCUT2D eigenvalue weighted by Crippen LogP contribution is 2.22. The van der Waals surface area contributed by atoms with Gasteiger partial charge in [-0.15, -0.1) is 0 Å². The molecule has 0 aliphatic carbocycles. The summed E-state index contributed by atoms with van der Waals surface area (Å²) in [6.45, 7) is 0.694. The van der Waals surface area contributed by atoms with Gasteiger partial charge in [0.2, 0.25) is 0 Å². The van der Waals surface area contributed by atoms with Gasteiger partial charge in [-0.05, 0) is 31.0 Å². The fourth-order valence-corrected chi connectivity index (χ4v) is 2.14. The molecule has 1 amide bonds. The van der Waals surface area contributed by atoms with E-state index >= 15 is 0 Å². The third-order valence-electron chi connectivity index (χ3n) is 3.06. The SMILES string of the molecule is O=C(COC(=O)c1cc(Cl)ccc1O)NC[C@@H]1CCCO1. The van der Waals surface area contributed by atoms with Gasteiger partial charge in [-0.2, -0.15) is 0 Å². The van der Waals surface area contributed by atoms with Gasteiger partial charge in [0.1, 0.15) is 11.3 Å². The first-order valence-electron chi connectivity index (χ1n) is 6.60. The molecule has 1 atom stereocenters. The van der Waals surface area contributed by atoms with E-state index in [2.05, 4.69) is 5.32 Å². The Morgan fingerprint density at radius 3 is 3.00 bits per heavy atom. The highest BCUT2D eigenvalue weighted by atomic mass is 35.5. The lowest BCUT2D eigenvalue weighted by Gasteiger charge is -2.11. The molecule has 1 aliphatic rings. The van der Waals surface area contributed by atoms with Crippen LogP contribution in [0.15, 0.2) is 18.2 Å². The molecule has 0 aromatic heterocycles. The third kappa shape index (κ3) is 4.61. The molecule has 1 fully saturated rings. The minimum absolute atomic E-state index is 0.0293. The number of nitrogens with one attached hydrogen (secondary N) is 1. The van der Waals surface area contributed by atoms with Crippen LogP contribution in [0.2, 0.25) is 5.02 Å². The Kier molecular flexibility index (Phi) is 5.41. The molecule has 114 valence electrons. The van der Waals surface area contributed by atoms with Gasteiger partial charge in [-0.25, -0.2) is 4.79 Å². The van der Waals surface area contributed by atoms with Gasteiger partial charge >= 0.3 is 5.97 Å². The number of benzene rings is 1. The number of phenolic OH excluding ortho intramolecular Hbond substituents is 1. The van der Waals surface area contributed by atoms with E-state index in [9.17, 15) is 14.7 Å². The van der Waals surface area contributed by atoms with Gasteiger partial charge < -0.3 is 19.9 Å². The molecular formula is C14H16ClNO5. The summed E-state index contributed by atoms with van der Waals surface area (Å²) < 4.78 is 10.2. The van der Waals surface area contributed by atoms with Crippen molar-refractivity contribution in [3.05, 3.63) is 28.8 Å². The zero-order valence-corrected chi connectivity index (χ0v) is 12.1. The van der Waals surface area contributed by atoms with E-state index in [4.69, 9.17) is 21.1 Å². The second-order valence-corrected chi connectivity index (χ2v) is 5.11. The van der Waals surface area contributed by atoms with Gasteiger partial charge in [-0.1, -0.05) is 11.6 Å². The van der Waals surface area contributed by atoms with Crippen molar-refractivity contribution in [2.45, 2.75) is 18.9 Å². The molecule has 0 spiro atoms. The van der Waals surface area contributed by atoms with Crippen LogP contribution in [0.3, 0.4) is 0 Å². The Labute approximate surface area is 127 Å². The van der Waals surface area contributed by atoms with E-state index in [0.717, 1.165) is 12.8 Å². The molecule has 1 aromatic rings. The maximum absolute atomic E-state index is 11.7. The standard InChI is InChI=1S/C14H16ClNO5/c15-9-3-4-12(17)11(6-9)14(19)21-8-13(18)16-7-10-2-1-5-20-10/h3-4,6,10,17H,1-2,5,7-8H2,(H,16,18)/t10-/m0/s1. The number of hydrogen-bond donors (Lipinski definition) is 2. The first-order chi connectivity index (χ1) is 10.1. The van der Waals surface area contributed by atoms with Crippen molar-refractivity contribution in [3.8, 4) is 5.75 Å². The summed E-state index contributed by atoms with van der Waals surface area (Å²) in [4.78, 5) is 23.3. The van der Waals surface area contributed by atoms with Crippen molar-refractivity contribution < 1.29 is 24.2 Å². The maximum atomic E-state index is 11.7. The largest absolute Gasteiger partial charge is 0.507 e. The molecule has 1 aliphatic heterocycles. The molecule has 2 rings (SSSR count). The van der Waals surface area contributed by atoms with Crippen molar-refractivity contribution in [2.75, 3.05) is 19.8 Å². The number of carbonyl (C=O) groups excluding carboxylic acids is 2. The van der Waals surface area contributed by atoms with Crippen molar-refractivity contribution in [3.63, 3.8) is 0 Å². The normalized spacial score (nSPS) is 17.5. The Morgan fingerprint density at radius 2 is 2.29 bits per heavy atom. The van der Waals surface area contributed by atoms with Crippen molar-refractivity contribution >= 4 is 23.5 Å². The fourth-order valence-electron chi connectivity index (χ4n) is 1.96. The van der Waals surface area contributed by atoms with Gasteiger partial charge in [0.25, 0.3) is 5.91 Å². The predicted octanol–water partition coefficient (Wildman–Crippen LogP) is 1.50. The van der Waals surface area contributed by atoms with Crippen LogP contribution in [-0.2, 0) is 14.3 Å². The number of rotatable bonds is 5. The Bertz CT molecular complexity index is 528. The minimum Gasteiger partial charge on any atom is -0.507 e. The molecular weight excluding hydrogens is 298 g/mol. The van der Waals surface area contributed by atoms with E-state index in [1.165, 1.54) is 18.2 Å². The number of aromatic hydroxyl groups is 1. The second-order valence-electron chi connectivity index (χ2n) is 4.68. The van der Waals surface area contributed by atoms with Crippen LogP contribution in [0.4, 0.5) is 0 Å². The van der Waals surface area contributed by atoms with Crippen molar-refractivity contribution in [1.82, 2.24) is 5.32 Å². The molecule has 1 saturated heterocycles. The van der Waals surface area contributed by atoms with Crippen LogP contribution in [0, 0.1) is 0 Å². The highest BCUT2D eigenvalue weighted by molar-refractivity contribution is 6.31. The number of amides is 1. The van der Waals surface area contributed by atoms with E-state index < -0.39 is 18.5 Å². The lowest BCUT2D eigenvalue weighted by atomic mass is 10.2. The van der Waals surface area contributed by atoms with E-state index in [1.54, 1.807) is 0 Å². The molecule has 0 bridgehead atoms. The Balaban J connectivity index is 1.77. The quantitative estimate of drug-likeness (QED) is 0.805. The van der Waals surface area contributed by atoms with Crippen LogP contribution >= 0.6 is 11.6 Å². The van der Waals surface area contributed by atoms with Crippen molar-refractivity contribution in [2.24, 2.45) is 0 Å². The first-order valence-corrected chi connectivity index (χ1v) is 6.98. The first kappa shape index (κ1) is 15.6. The summed E-state index contributed by atoms with van der Waals surface area (Å²) in [6.07, 6.45) is 1.93. The van der Waals surface area contributed by atoms with Gasteiger partial charge in [0, 0.05) is 18.2 Å². The van der Waals surface area contributed by atoms with Crippen LogP contribution < -0.4 is 5.32 Å². The van der Waals surface area contributed by atoms with E-state index in [0.29, 0.717) is 18.2 Å². The zero-order chi connectivity index (χ0) is 15.2. The molecule has 6 nitrogen and oxygen atoms in total. The molecule has 0 radical (unpaired) electrons. The summed E-state index contributed by atoms with van der Waals surface area (Å²) in [5.74, 6) is -1.47. The van der Waals surface area contributed by atoms with Gasteiger partial charge in [0.05, 0.1) is 6.10 Å². The van der Waals surface area contributed by atoms with Gasteiger partial charge in [-0.3, -0.25) is 4.79 Å². The summed E-state index contributed by atoms with van der Waals surface area (Å²) in [5.41, 5.74) is -0.0746. The maximum Gasteiger partial charge on any atom is 0.342 e. The summed E-state index contributed by atoms with van der Waals surface area (Å²) in [5, 5.41) is 12.5. The zero-order valence-electron chi connectivity index (χ0n) is 11.3. The van der Waals surface area contributed by atoms with Crippen molar-refractivity contribution in [1.29, 1.82) is 0 Å². The van der Waals surface area contributed by atoms with Crippen LogP contribution in [0.5, 0.6) is 5.75 Å². The smallest absolute Gasteiger partial charge is 0.342 e. The Morgan fingerprint density at radius 1 is 1.48 bits per heavy atom. The number of ether oxygens (including phenoxy) is 2. The average molecular weight is 314 g/mol.